The number of carbonyl (C=O) groups excluding carboxylic acids is 2. The number of amides is 2. The molecule has 1 aromatic heterocycles. The fourth-order valence-corrected chi connectivity index (χ4v) is 2.44. The normalized spacial score (nSPS) is 16.9. The van der Waals surface area contributed by atoms with Gasteiger partial charge in [0, 0.05) is 6.20 Å². The number of nitrogens with two attached hydrogens (primary N) is 1. The molecule has 1 aliphatic rings. The van der Waals surface area contributed by atoms with E-state index in [0.717, 1.165) is 16.9 Å². The summed E-state index contributed by atoms with van der Waals surface area (Å²) in [6, 6.07) is 7.29. The first kappa shape index (κ1) is 16.8. The monoisotopic (exact) mass is 354 g/mol. The summed E-state index contributed by atoms with van der Waals surface area (Å²) in [6.45, 7) is -0.547. The lowest BCUT2D eigenvalue weighted by molar-refractivity contribution is -0.141. The van der Waals surface area contributed by atoms with Crippen LogP contribution in [0.15, 0.2) is 36.5 Å². The van der Waals surface area contributed by atoms with Crippen LogP contribution in [0, 0.1) is 0 Å². The van der Waals surface area contributed by atoms with E-state index < -0.39 is 36.3 Å². The number of halogens is 3. The van der Waals surface area contributed by atoms with Crippen molar-refractivity contribution in [3.63, 3.8) is 0 Å². The van der Waals surface area contributed by atoms with Crippen molar-refractivity contribution in [1.82, 2.24) is 9.78 Å². The Kier molecular flexibility index (Phi) is 4.11. The van der Waals surface area contributed by atoms with Crippen molar-refractivity contribution >= 4 is 17.5 Å². The Labute approximate surface area is 139 Å². The number of nitrogens with zero attached hydrogens (tertiary/aromatic N) is 3. The highest BCUT2D eigenvalue weighted by Crippen LogP contribution is 2.33. The number of aromatic nitrogens is 2. The first-order valence-corrected chi connectivity index (χ1v) is 7.22. The van der Waals surface area contributed by atoms with Crippen LogP contribution in [-0.2, 0) is 22.3 Å². The van der Waals surface area contributed by atoms with Crippen LogP contribution in [0.1, 0.15) is 5.69 Å². The lowest BCUT2D eigenvalue weighted by atomic mass is 10.1. The number of benzene rings is 1. The highest BCUT2D eigenvalue weighted by molar-refractivity contribution is 5.97. The van der Waals surface area contributed by atoms with E-state index >= 15 is 0 Å². The van der Waals surface area contributed by atoms with E-state index in [4.69, 9.17) is 10.5 Å². The molecule has 1 aliphatic heterocycles. The molecule has 0 saturated carbocycles. The predicted molar refractivity (Wildman–Crippen MR) is 79.6 cm³/mol. The number of anilines is 1. The number of hydrogen-bond donors (Lipinski definition) is 1. The summed E-state index contributed by atoms with van der Waals surface area (Å²) in [5.74, 6) is -0.994. The molecule has 2 aromatic rings. The van der Waals surface area contributed by atoms with Gasteiger partial charge in [-0.25, -0.2) is 0 Å². The van der Waals surface area contributed by atoms with E-state index in [2.05, 4.69) is 5.10 Å². The van der Waals surface area contributed by atoms with Crippen molar-refractivity contribution in [3.05, 3.63) is 42.2 Å². The summed E-state index contributed by atoms with van der Waals surface area (Å²) in [4.78, 5) is 25.2. The molecule has 2 N–H and O–H groups in total. The number of carbonyl (C=O) groups is 2. The highest BCUT2D eigenvalue weighted by Gasteiger charge is 2.35. The van der Waals surface area contributed by atoms with Crippen molar-refractivity contribution in [2.24, 2.45) is 5.73 Å². The fraction of sp³-hybridized carbons (Fsp3) is 0.267. The smallest absolute Gasteiger partial charge is 0.435 e. The van der Waals surface area contributed by atoms with Gasteiger partial charge in [0.25, 0.3) is 5.91 Å². The van der Waals surface area contributed by atoms with Crippen molar-refractivity contribution in [3.8, 4) is 5.75 Å². The average Bonchev–Trinajstić information content (AvgIpc) is 3.02. The van der Waals surface area contributed by atoms with Gasteiger partial charge in [0.1, 0.15) is 12.3 Å². The number of primary amides is 1. The number of ether oxygens (including phenoxy) is 1. The van der Waals surface area contributed by atoms with E-state index in [1.165, 1.54) is 4.90 Å². The molecule has 0 spiro atoms. The number of alkyl halides is 3. The molecule has 3 rings (SSSR count). The van der Waals surface area contributed by atoms with Crippen molar-refractivity contribution in [2.75, 3.05) is 11.4 Å². The molecule has 0 unspecified atom stereocenters. The minimum absolute atomic E-state index is 0.126. The fourth-order valence-electron chi connectivity index (χ4n) is 2.44. The van der Waals surface area contributed by atoms with Gasteiger partial charge in [-0.05, 0) is 18.2 Å². The topological polar surface area (TPSA) is 90.5 Å². The molecule has 0 bridgehead atoms. The molecule has 10 heteroatoms. The van der Waals surface area contributed by atoms with E-state index in [0.29, 0.717) is 11.4 Å². The third-order valence-electron chi connectivity index (χ3n) is 3.62. The minimum atomic E-state index is -4.59. The number of rotatable bonds is 3. The largest absolute Gasteiger partial charge is 0.477 e. The Morgan fingerprint density at radius 2 is 2.00 bits per heavy atom. The van der Waals surface area contributed by atoms with Gasteiger partial charge in [-0.15, -0.1) is 0 Å². The third-order valence-corrected chi connectivity index (χ3v) is 3.62. The maximum Gasteiger partial charge on any atom is 0.435 e. The second kappa shape index (κ2) is 6.11. The van der Waals surface area contributed by atoms with E-state index in [9.17, 15) is 22.8 Å². The zero-order valence-corrected chi connectivity index (χ0v) is 12.7. The van der Waals surface area contributed by atoms with Gasteiger partial charge in [0.05, 0.1) is 12.2 Å². The molecule has 1 aromatic carbocycles. The molecule has 2 amide bonds. The third kappa shape index (κ3) is 3.42. The average molecular weight is 354 g/mol. The molecule has 0 aliphatic carbocycles. The van der Waals surface area contributed by atoms with Gasteiger partial charge in [0.2, 0.25) is 5.91 Å². The van der Waals surface area contributed by atoms with Gasteiger partial charge in [-0.1, -0.05) is 12.1 Å². The predicted octanol–water partition coefficient (Wildman–Crippen LogP) is 1.18. The van der Waals surface area contributed by atoms with Crippen LogP contribution >= 0.6 is 0 Å². The van der Waals surface area contributed by atoms with Crippen LogP contribution in [0.5, 0.6) is 5.75 Å². The van der Waals surface area contributed by atoms with Gasteiger partial charge in [0.15, 0.2) is 11.8 Å². The van der Waals surface area contributed by atoms with Crippen LogP contribution in [0.3, 0.4) is 0 Å². The maximum absolute atomic E-state index is 12.6. The quantitative estimate of drug-likeness (QED) is 0.896. The molecule has 2 heterocycles. The zero-order valence-electron chi connectivity index (χ0n) is 12.7. The number of para-hydroxylation sites is 2. The summed E-state index contributed by atoms with van der Waals surface area (Å²) in [7, 11) is 0. The molecule has 25 heavy (non-hydrogen) atoms. The Balaban J connectivity index is 1.83. The second-order valence-corrected chi connectivity index (χ2v) is 5.38. The van der Waals surface area contributed by atoms with Crippen LogP contribution in [-0.4, -0.2) is 34.2 Å². The van der Waals surface area contributed by atoms with Crippen molar-refractivity contribution in [2.45, 2.75) is 18.8 Å². The van der Waals surface area contributed by atoms with Crippen LogP contribution in [0.25, 0.3) is 0 Å². The minimum Gasteiger partial charge on any atom is -0.477 e. The van der Waals surface area contributed by atoms with E-state index in [1.807, 2.05) is 0 Å². The standard InChI is InChI=1S/C15H13F3N4O3/c16-15(17,18)12-5-6-21(20-12)8-13(23)22-7-11(14(19)24)25-10-4-2-1-3-9(10)22/h1-6,11H,7-8H2,(H2,19,24)/t11-/m0/s1. The second-order valence-electron chi connectivity index (χ2n) is 5.38. The lowest BCUT2D eigenvalue weighted by Gasteiger charge is -2.33. The van der Waals surface area contributed by atoms with E-state index in [1.54, 1.807) is 24.3 Å². The van der Waals surface area contributed by atoms with Crippen molar-refractivity contribution < 1.29 is 27.5 Å². The summed E-state index contributed by atoms with van der Waals surface area (Å²) in [5, 5.41) is 3.35. The molecule has 0 saturated heterocycles. The first-order chi connectivity index (χ1) is 11.8. The summed E-state index contributed by atoms with van der Waals surface area (Å²) in [6.07, 6.45) is -4.56. The molecule has 7 nitrogen and oxygen atoms in total. The Bertz CT molecular complexity index is 818. The van der Waals surface area contributed by atoms with Crippen LogP contribution in [0.2, 0.25) is 0 Å². The summed E-state index contributed by atoms with van der Waals surface area (Å²) < 4.78 is 44.1. The molecule has 0 radical (unpaired) electrons. The van der Waals surface area contributed by atoms with Gasteiger partial charge in [-0.3, -0.25) is 14.3 Å². The Morgan fingerprint density at radius 1 is 1.28 bits per heavy atom. The van der Waals surface area contributed by atoms with Gasteiger partial charge >= 0.3 is 6.18 Å². The molecule has 0 fully saturated rings. The van der Waals surface area contributed by atoms with Gasteiger partial charge < -0.3 is 15.4 Å². The van der Waals surface area contributed by atoms with Gasteiger partial charge in [-0.2, -0.15) is 18.3 Å². The Morgan fingerprint density at radius 3 is 2.64 bits per heavy atom. The molecule has 132 valence electrons. The summed E-state index contributed by atoms with van der Waals surface area (Å²) >= 11 is 0. The highest BCUT2D eigenvalue weighted by atomic mass is 19.4. The Hall–Kier alpha value is -3.04. The molecule has 1 atom stereocenters. The SMILES string of the molecule is NC(=O)[C@@H]1CN(C(=O)Cn2ccc(C(F)(F)F)n2)c2ccccc2O1. The lowest BCUT2D eigenvalue weighted by Crippen LogP contribution is -2.50. The first-order valence-electron chi connectivity index (χ1n) is 7.22. The van der Waals surface area contributed by atoms with Crippen LogP contribution < -0.4 is 15.4 Å². The molecular formula is C15H13F3N4O3. The van der Waals surface area contributed by atoms with Crippen LogP contribution in [0.4, 0.5) is 18.9 Å². The maximum atomic E-state index is 12.6. The van der Waals surface area contributed by atoms with Crippen molar-refractivity contribution in [1.29, 1.82) is 0 Å². The molecular weight excluding hydrogens is 341 g/mol. The number of hydrogen-bond acceptors (Lipinski definition) is 4. The zero-order chi connectivity index (χ0) is 18.2. The number of fused-ring (bicyclic) bond motifs is 1. The summed E-state index contributed by atoms with van der Waals surface area (Å²) in [5.41, 5.74) is 4.57. The van der Waals surface area contributed by atoms with E-state index in [-0.39, 0.29) is 6.54 Å².